The minimum Gasteiger partial charge on any atom is -0.459 e. The highest BCUT2D eigenvalue weighted by molar-refractivity contribution is 5.73. The topological polar surface area (TPSA) is 193 Å². The van der Waals surface area contributed by atoms with Crippen molar-refractivity contribution in [1.82, 2.24) is 14.8 Å². The van der Waals surface area contributed by atoms with Gasteiger partial charge >= 0.3 is 5.97 Å². The molecule has 1 aromatic rings. The maximum Gasteiger partial charge on any atom is 0.311 e. The van der Waals surface area contributed by atoms with Crippen LogP contribution in [-0.4, -0.2) is 171 Å². The first-order valence-electron chi connectivity index (χ1n) is 22.1. The molecule has 3 fully saturated rings. The standard InChI is InChI=1S/C45H79N3O12/c1-14-34-45(10,54)38(50)30(6)48(12)25-26(2)22-43(8,53)40(28(4)37(29(5)41(52)58-34)59-35-23-44(9,55-13)39(51)31(7)57-35)60-42-36(49)33(21-27(3)56-42)47(11)20-16-18-32-17-15-19-46-24-32/h15,17,19,24,26-31,33-40,42,49-51,53-54H,14,16,18,20-23,25H2,1-13H3/t26-,27-,28+,29-,30-,31+,33+,34-,35+,36-,37+,38-,39+,40-,42+,43-,44-,45-/m1/s1. The molecule has 4 heterocycles. The molecule has 5 N–H and O–H groups in total. The highest BCUT2D eigenvalue weighted by Crippen LogP contribution is 2.40. The van der Waals surface area contributed by atoms with Crippen LogP contribution >= 0.6 is 0 Å². The van der Waals surface area contributed by atoms with Gasteiger partial charge in [-0.2, -0.15) is 0 Å². The van der Waals surface area contributed by atoms with Crippen molar-refractivity contribution < 1.29 is 58.7 Å². The van der Waals surface area contributed by atoms with E-state index in [9.17, 15) is 30.3 Å². The van der Waals surface area contributed by atoms with Gasteiger partial charge in [0.25, 0.3) is 0 Å². The third-order valence-electron chi connectivity index (χ3n) is 13.8. The minimum absolute atomic E-state index is 0.123. The number of cyclic esters (lactones) is 1. The molecule has 4 rings (SSSR count). The lowest BCUT2D eigenvalue weighted by atomic mass is 9.77. The number of aryl methyl sites for hydroxylation is 1. The number of aliphatic hydroxyl groups excluding tert-OH is 3. The monoisotopic (exact) mass is 854 g/mol. The lowest BCUT2D eigenvalue weighted by molar-refractivity contribution is -0.318. The predicted molar refractivity (Wildman–Crippen MR) is 226 cm³/mol. The Morgan fingerprint density at radius 1 is 1.00 bits per heavy atom. The molecule has 3 aliphatic rings. The van der Waals surface area contributed by atoms with E-state index in [2.05, 4.69) is 16.0 Å². The van der Waals surface area contributed by atoms with E-state index in [0.717, 1.165) is 18.4 Å². The van der Waals surface area contributed by atoms with E-state index < -0.39 is 96.0 Å². The smallest absolute Gasteiger partial charge is 0.311 e. The molecule has 0 unspecified atom stereocenters. The molecule has 3 aliphatic heterocycles. The largest absolute Gasteiger partial charge is 0.459 e. The fourth-order valence-electron chi connectivity index (χ4n) is 9.91. The Hall–Kier alpha value is -1.86. The van der Waals surface area contributed by atoms with Crippen LogP contribution in [0.5, 0.6) is 0 Å². The summed E-state index contributed by atoms with van der Waals surface area (Å²) in [4.78, 5) is 22.7. The zero-order valence-electron chi connectivity index (χ0n) is 38.6. The van der Waals surface area contributed by atoms with Crippen LogP contribution in [0.3, 0.4) is 0 Å². The van der Waals surface area contributed by atoms with Crippen LogP contribution in [0.1, 0.15) is 107 Å². The number of methoxy groups -OCH3 is 1. The van der Waals surface area contributed by atoms with Crippen LogP contribution in [0.2, 0.25) is 0 Å². The van der Waals surface area contributed by atoms with Gasteiger partial charge in [-0.3, -0.25) is 9.78 Å². The molecule has 15 nitrogen and oxygen atoms in total. The van der Waals surface area contributed by atoms with Crippen LogP contribution in [0.4, 0.5) is 0 Å². The van der Waals surface area contributed by atoms with Crippen LogP contribution in [0.25, 0.3) is 0 Å². The maximum atomic E-state index is 14.4. The summed E-state index contributed by atoms with van der Waals surface area (Å²) in [6.45, 7) is 18.8. The summed E-state index contributed by atoms with van der Waals surface area (Å²) >= 11 is 0. The first kappa shape index (κ1) is 50.8. The maximum absolute atomic E-state index is 14.4. The van der Waals surface area contributed by atoms with Crippen LogP contribution in [0, 0.1) is 17.8 Å². The Morgan fingerprint density at radius 3 is 2.30 bits per heavy atom. The fourth-order valence-corrected chi connectivity index (χ4v) is 9.91. The number of carbonyl (C=O) groups excluding carboxylic acids is 1. The summed E-state index contributed by atoms with van der Waals surface area (Å²) in [6.07, 6.45) is -3.17. The van der Waals surface area contributed by atoms with Crippen LogP contribution in [-0.2, 0) is 39.6 Å². The molecule has 0 amide bonds. The van der Waals surface area contributed by atoms with Gasteiger partial charge in [-0.25, -0.2) is 0 Å². The number of aliphatic hydroxyl groups is 5. The van der Waals surface area contributed by atoms with E-state index in [1.165, 1.54) is 14.0 Å². The molecular formula is C45H79N3O12. The van der Waals surface area contributed by atoms with Gasteiger partial charge in [0.15, 0.2) is 12.6 Å². The van der Waals surface area contributed by atoms with Crippen molar-refractivity contribution in [3.63, 3.8) is 0 Å². The Kier molecular flexibility index (Phi) is 18.0. The van der Waals surface area contributed by atoms with Gasteiger partial charge in [0.1, 0.15) is 30.0 Å². The average molecular weight is 854 g/mol. The Bertz CT molecular complexity index is 1470. The van der Waals surface area contributed by atoms with Crippen LogP contribution in [0.15, 0.2) is 24.5 Å². The number of rotatable bonds is 11. The van der Waals surface area contributed by atoms with Gasteiger partial charge in [-0.15, -0.1) is 0 Å². The number of carbonyl (C=O) groups is 1. The van der Waals surface area contributed by atoms with E-state index >= 15 is 0 Å². The molecule has 1 aromatic heterocycles. The number of ether oxygens (including phenoxy) is 6. The van der Waals surface area contributed by atoms with Crippen molar-refractivity contribution >= 4 is 5.97 Å². The molecule has 346 valence electrons. The quantitative estimate of drug-likeness (QED) is 0.204. The molecule has 0 saturated carbocycles. The number of hydrogen-bond acceptors (Lipinski definition) is 15. The summed E-state index contributed by atoms with van der Waals surface area (Å²) in [7, 11) is 5.34. The lowest BCUT2D eigenvalue weighted by Crippen LogP contribution is -2.60. The molecule has 0 spiro atoms. The summed E-state index contributed by atoms with van der Waals surface area (Å²) in [5, 5.41) is 59.2. The van der Waals surface area contributed by atoms with E-state index in [0.29, 0.717) is 19.5 Å². The number of nitrogens with zero attached hydrogens (tertiary/aromatic N) is 3. The van der Waals surface area contributed by atoms with Crippen molar-refractivity contribution in [3.8, 4) is 0 Å². The van der Waals surface area contributed by atoms with Gasteiger partial charge in [0, 0.05) is 50.5 Å². The van der Waals surface area contributed by atoms with E-state index in [-0.39, 0.29) is 37.3 Å². The van der Waals surface area contributed by atoms with Gasteiger partial charge in [0.2, 0.25) is 0 Å². The Balaban J connectivity index is 1.75. The SMILES string of the molecule is CC[C@H]1OC(=O)[C@H](C)[C@@H](O[C@H]2C[C@@](C)(OC)[C@@H](O)[C@H](C)O2)[C@H](C)[C@@H](O[C@@H]2O[C@H](C)C[C@H](N(C)CCCc3cccnc3)[C@H]2O)[C@](C)(O)C[C@@H](C)CN(C)[C@H](C)[C@@H](O)[C@]1(C)O. The third-order valence-corrected chi connectivity index (χ3v) is 13.8. The average Bonchev–Trinajstić information content (AvgIpc) is 3.19. The predicted octanol–water partition coefficient (Wildman–Crippen LogP) is 3.30. The van der Waals surface area contributed by atoms with Crippen LogP contribution < -0.4 is 0 Å². The van der Waals surface area contributed by atoms with Gasteiger partial charge in [-0.1, -0.05) is 26.8 Å². The van der Waals surface area contributed by atoms with Crippen molar-refractivity contribution in [2.45, 2.75) is 198 Å². The van der Waals surface area contributed by atoms with E-state index in [1.54, 1.807) is 40.8 Å². The van der Waals surface area contributed by atoms with Crippen molar-refractivity contribution in [2.75, 3.05) is 34.3 Å². The molecule has 0 aromatic carbocycles. The normalized spacial score (nSPS) is 44.5. The lowest BCUT2D eigenvalue weighted by Gasteiger charge is -2.49. The number of likely N-dealkylation sites (N-methyl/N-ethyl adjacent to an activating group) is 2. The fraction of sp³-hybridized carbons (Fsp3) is 0.867. The Morgan fingerprint density at radius 2 is 1.68 bits per heavy atom. The van der Waals surface area contributed by atoms with Crippen molar-refractivity contribution in [1.29, 1.82) is 0 Å². The highest BCUT2D eigenvalue weighted by atomic mass is 16.7. The van der Waals surface area contributed by atoms with Crippen molar-refractivity contribution in [2.24, 2.45) is 17.8 Å². The molecule has 0 bridgehead atoms. The first-order chi connectivity index (χ1) is 28.0. The summed E-state index contributed by atoms with van der Waals surface area (Å²) in [6, 6.07) is 3.11. The number of aromatic nitrogens is 1. The third kappa shape index (κ3) is 12.0. The Labute approximate surface area is 359 Å². The second-order valence-electron chi connectivity index (χ2n) is 19.1. The molecule has 0 radical (unpaired) electrons. The van der Waals surface area contributed by atoms with E-state index in [1.807, 2.05) is 59.0 Å². The molecule has 18 atom stereocenters. The summed E-state index contributed by atoms with van der Waals surface area (Å²) < 4.78 is 38.1. The van der Waals surface area contributed by atoms with Gasteiger partial charge < -0.3 is 63.8 Å². The molecule has 15 heteroatoms. The molecule has 0 aliphatic carbocycles. The number of pyridine rings is 1. The second-order valence-corrected chi connectivity index (χ2v) is 19.1. The second kappa shape index (κ2) is 21.2. The molecule has 60 heavy (non-hydrogen) atoms. The summed E-state index contributed by atoms with van der Waals surface area (Å²) in [5.41, 5.74) is -3.29. The first-order valence-corrected chi connectivity index (χ1v) is 22.1. The molecule has 3 saturated heterocycles. The van der Waals surface area contributed by atoms with Gasteiger partial charge in [0.05, 0.1) is 41.5 Å². The zero-order valence-corrected chi connectivity index (χ0v) is 38.6. The zero-order chi connectivity index (χ0) is 44.9. The molecular weight excluding hydrogens is 775 g/mol. The van der Waals surface area contributed by atoms with Crippen molar-refractivity contribution in [3.05, 3.63) is 30.1 Å². The number of hydrogen-bond donors (Lipinski definition) is 5. The number of esters is 1. The minimum atomic E-state index is -1.81. The van der Waals surface area contributed by atoms with Gasteiger partial charge in [-0.05, 0) is 119 Å². The highest BCUT2D eigenvalue weighted by Gasteiger charge is 2.52. The summed E-state index contributed by atoms with van der Waals surface area (Å²) in [5.74, 6) is -2.65. The van der Waals surface area contributed by atoms with E-state index in [4.69, 9.17) is 28.4 Å².